The highest BCUT2D eigenvalue weighted by atomic mass is 79.9. The lowest BCUT2D eigenvalue weighted by molar-refractivity contribution is 0.202. The van der Waals surface area contributed by atoms with Crippen LogP contribution in [0, 0.1) is 6.92 Å². The molecular weight excluding hydrogens is 308 g/mol. The van der Waals surface area contributed by atoms with E-state index in [4.69, 9.17) is 4.74 Å². The average Bonchev–Trinajstić information content (AvgIpc) is 2.79. The monoisotopic (exact) mass is 324 g/mol. The number of aliphatic hydroxyl groups is 1. The molecule has 2 aromatic rings. The van der Waals surface area contributed by atoms with Gasteiger partial charge in [-0.2, -0.15) is 5.10 Å². The molecule has 0 amide bonds. The van der Waals surface area contributed by atoms with E-state index >= 15 is 0 Å². The number of hydrogen-bond donors (Lipinski definition) is 1. The lowest BCUT2D eigenvalue weighted by Gasteiger charge is -2.15. The van der Waals surface area contributed by atoms with Crippen LogP contribution in [0.4, 0.5) is 0 Å². The number of nitrogens with zero attached hydrogens (tertiary/aromatic N) is 2. The Hall–Kier alpha value is -1.33. The molecule has 4 nitrogen and oxygen atoms in total. The van der Waals surface area contributed by atoms with E-state index in [0.29, 0.717) is 18.0 Å². The van der Waals surface area contributed by atoms with Crippen LogP contribution in [0.5, 0.6) is 5.75 Å². The summed E-state index contributed by atoms with van der Waals surface area (Å²) in [5, 5.41) is 14.8. The zero-order valence-electron chi connectivity index (χ0n) is 11.2. The Balaban J connectivity index is 2.48. The summed E-state index contributed by atoms with van der Waals surface area (Å²) in [5.74, 6) is 0.604. The normalized spacial score (nSPS) is 12.5. The van der Waals surface area contributed by atoms with Gasteiger partial charge in [0.2, 0.25) is 0 Å². The molecule has 1 aromatic heterocycles. The second-order valence-corrected chi connectivity index (χ2v) is 5.29. The SMILES string of the molecule is CCn1ncc(OC)c1C(O)c1cc(C)cc(Br)c1. The number of hydrogen-bond acceptors (Lipinski definition) is 3. The molecule has 0 saturated heterocycles. The molecule has 19 heavy (non-hydrogen) atoms. The highest BCUT2D eigenvalue weighted by Crippen LogP contribution is 2.31. The smallest absolute Gasteiger partial charge is 0.163 e. The van der Waals surface area contributed by atoms with Crippen molar-refractivity contribution in [2.45, 2.75) is 26.5 Å². The highest BCUT2D eigenvalue weighted by Gasteiger charge is 2.21. The summed E-state index contributed by atoms with van der Waals surface area (Å²) < 4.78 is 7.97. The fraction of sp³-hybridized carbons (Fsp3) is 0.357. The predicted octanol–water partition coefficient (Wildman–Crippen LogP) is 3.06. The fourth-order valence-corrected chi connectivity index (χ4v) is 2.77. The van der Waals surface area contributed by atoms with Crippen molar-refractivity contribution in [2.75, 3.05) is 7.11 Å². The van der Waals surface area contributed by atoms with Crippen molar-refractivity contribution < 1.29 is 9.84 Å². The Morgan fingerprint density at radius 2 is 2.16 bits per heavy atom. The van der Waals surface area contributed by atoms with Gasteiger partial charge >= 0.3 is 0 Å². The molecule has 102 valence electrons. The minimum atomic E-state index is -0.756. The number of methoxy groups -OCH3 is 1. The van der Waals surface area contributed by atoms with Crippen molar-refractivity contribution in [2.24, 2.45) is 0 Å². The molecule has 1 heterocycles. The van der Waals surface area contributed by atoms with Crippen LogP contribution >= 0.6 is 15.9 Å². The maximum absolute atomic E-state index is 10.6. The molecule has 5 heteroatoms. The summed E-state index contributed by atoms with van der Waals surface area (Å²) in [6, 6.07) is 5.87. The molecule has 0 fully saturated rings. The molecular formula is C14H17BrN2O2. The third-order valence-electron chi connectivity index (χ3n) is 3.00. The number of aliphatic hydroxyl groups excluding tert-OH is 1. The topological polar surface area (TPSA) is 47.3 Å². The number of ether oxygens (including phenoxy) is 1. The van der Waals surface area contributed by atoms with Gasteiger partial charge in [-0.3, -0.25) is 4.68 Å². The highest BCUT2D eigenvalue weighted by molar-refractivity contribution is 9.10. The van der Waals surface area contributed by atoms with Crippen LogP contribution in [-0.4, -0.2) is 22.0 Å². The maximum atomic E-state index is 10.6. The quantitative estimate of drug-likeness (QED) is 0.940. The summed E-state index contributed by atoms with van der Waals surface area (Å²) in [5.41, 5.74) is 2.59. The molecule has 1 unspecified atom stereocenters. The van der Waals surface area contributed by atoms with E-state index < -0.39 is 6.10 Å². The second kappa shape index (κ2) is 5.75. The number of aromatic nitrogens is 2. The van der Waals surface area contributed by atoms with Gasteiger partial charge in [-0.1, -0.05) is 22.0 Å². The first-order chi connectivity index (χ1) is 9.06. The fourth-order valence-electron chi connectivity index (χ4n) is 2.14. The summed E-state index contributed by atoms with van der Waals surface area (Å²) >= 11 is 3.45. The van der Waals surface area contributed by atoms with Crippen molar-refractivity contribution in [3.63, 3.8) is 0 Å². The molecule has 0 aliphatic carbocycles. The Morgan fingerprint density at radius 3 is 2.74 bits per heavy atom. The summed E-state index contributed by atoms with van der Waals surface area (Å²) in [6.45, 7) is 4.66. The van der Waals surface area contributed by atoms with Gasteiger partial charge in [0, 0.05) is 11.0 Å². The molecule has 2 rings (SSSR count). The van der Waals surface area contributed by atoms with Gasteiger partial charge in [0.05, 0.1) is 13.3 Å². The third-order valence-corrected chi connectivity index (χ3v) is 3.46. The van der Waals surface area contributed by atoms with Gasteiger partial charge in [-0.05, 0) is 37.1 Å². The van der Waals surface area contributed by atoms with E-state index in [1.165, 1.54) is 0 Å². The molecule has 1 atom stereocenters. The van der Waals surface area contributed by atoms with E-state index in [0.717, 1.165) is 15.6 Å². The molecule has 0 saturated carbocycles. The first kappa shape index (κ1) is 14.1. The zero-order valence-corrected chi connectivity index (χ0v) is 12.8. The number of rotatable bonds is 4. The van der Waals surface area contributed by atoms with E-state index in [-0.39, 0.29) is 0 Å². The maximum Gasteiger partial charge on any atom is 0.163 e. The Bertz CT molecular complexity index is 539. The van der Waals surface area contributed by atoms with Crippen LogP contribution in [0.15, 0.2) is 28.9 Å². The number of benzene rings is 1. The molecule has 0 spiro atoms. The average molecular weight is 325 g/mol. The van der Waals surface area contributed by atoms with Gasteiger partial charge < -0.3 is 9.84 Å². The first-order valence-corrected chi connectivity index (χ1v) is 6.91. The zero-order chi connectivity index (χ0) is 14.0. The van der Waals surface area contributed by atoms with E-state index in [1.807, 2.05) is 32.0 Å². The summed E-state index contributed by atoms with van der Waals surface area (Å²) in [6.07, 6.45) is 0.876. The van der Waals surface area contributed by atoms with E-state index in [1.54, 1.807) is 18.0 Å². The molecule has 0 radical (unpaired) electrons. The van der Waals surface area contributed by atoms with Crippen LogP contribution in [0.1, 0.15) is 29.8 Å². The summed E-state index contributed by atoms with van der Waals surface area (Å²) in [4.78, 5) is 0. The summed E-state index contributed by atoms with van der Waals surface area (Å²) in [7, 11) is 1.58. The molecule has 0 bridgehead atoms. The van der Waals surface area contributed by atoms with Crippen molar-refractivity contribution in [3.05, 3.63) is 45.7 Å². The minimum absolute atomic E-state index is 0.604. The molecule has 0 aliphatic heterocycles. The van der Waals surface area contributed by atoms with E-state index in [9.17, 15) is 5.11 Å². The van der Waals surface area contributed by atoms with Crippen molar-refractivity contribution in [3.8, 4) is 5.75 Å². The van der Waals surface area contributed by atoms with Crippen LogP contribution in [0.3, 0.4) is 0 Å². The number of halogens is 1. The lowest BCUT2D eigenvalue weighted by atomic mass is 10.0. The Morgan fingerprint density at radius 1 is 1.42 bits per heavy atom. The van der Waals surface area contributed by atoms with Crippen LogP contribution in [0.25, 0.3) is 0 Å². The Kier molecular flexibility index (Phi) is 4.27. The standard InChI is InChI=1S/C14H17BrN2O2/c1-4-17-13(12(19-3)8-16-17)14(18)10-5-9(2)6-11(15)7-10/h5-8,14,18H,4H2,1-3H3. The lowest BCUT2D eigenvalue weighted by Crippen LogP contribution is -2.10. The second-order valence-electron chi connectivity index (χ2n) is 4.38. The minimum Gasteiger partial charge on any atom is -0.493 e. The van der Waals surface area contributed by atoms with Gasteiger partial charge in [0.25, 0.3) is 0 Å². The van der Waals surface area contributed by atoms with Crippen molar-refractivity contribution in [1.29, 1.82) is 0 Å². The van der Waals surface area contributed by atoms with E-state index in [2.05, 4.69) is 21.0 Å². The molecule has 1 aromatic carbocycles. The third kappa shape index (κ3) is 2.82. The van der Waals surface area contributed by atoms with Crippen LogP contribution < -0.4 is 4.74 Å². The number of aryl methyl sites for hydroxylation is 2. The van der Waals surface area contributed by atoms with Gasteiger partial charge in [0.15, 0.2) is 5.75 Å². The van der Waals surface area contributed by atoms with Crippen LogP contribution in [0.2, 0.25) is 0 Å². The Labute approximate surface area is 121 Å². The van der Waals surface area contributed by atoms with Gasteiger partial charge in [-0.25, -0.2) is 0 Å². The first-order valence-electron chi connectivity index (χ1n) is 6.11. The largest absolute Gasteiger partial charge is 0.493 e. The van der Waals surface area contributed by atoms with Crippen molar-refractivity contribution in [1.82, 2.24) is 9.78 Å². The van der Waals surface area contributed by atoms with Crippen molar-refractivity contribution >= 4 is 15.9 Å². The van der Waals surface area contributed by atoms with Gasteiger partial charge in [-0.15, -0.1) is 0 Å². The van der Waals surface area contributed by atoms with Gasteiger partial charge in [0.1, 0.15) is 11.8 Å². The predicted molar refractivity (Wildman–Crippen MR) is 77.4 cm³/mol. The molecule has 1 N–H and O–H groups in total. The van der Waals surface area contributed by atoms with Crippen LogP contribution in [-0.2, 0) is 6.54 Å². The molecule has 0 aliphatic rings.